The van der Waals surface area contributed by atoms with E-state index in [0.29, 0.717) is 0 Å². The number of carboxylic acids is 1. The van der Waals surface area contributed by atoms with Crippen molar-refractivity contribution >= 4 is 11.9 Å². The molecule has 7 heteroatoms. The van der Waals surface area contributed by atoms with Gasteiger partial charge in [-0.3, -0.25) is 9.59 Å². The van der Waals surface area contributed by atoms with E-state index in [0.717, 1.165) is 6.07 Å². The van der Waals surface area contributed by atoms with Gasteiger partial charge in [0.2, 0.25) is 0 Å². The van der Waals surface area contributed by atoms with Crippen molar-refractivity contribution in [3.63, 3.8) is 0 Å². The molecule has 0 spiro atoms. The Balaban J connectivity index is 2.98. The van der Waals surface area contributed by atoms with Gasteiger partial charge in [0.1, 0.15) is 12.3 Å². The molecule has 2 N–H and O–H groups in total. The first kappa shape index (κ1) is 14.9. The molecule has 19 heavy (non-hydrogen) atoms. The smallest absolute Gasteiger partial charge is 0.353 e. The van der Waals surface area contributed by atoms with Crippen molar-refractivity contribution in [3.05, 3.63) is 29.8 Å². The van der Waals surface area contributed by atoms with Crippen LogP contribution in [0.3, 0.4) is 0 Å². The Kier molecular flexibility index (Phi) is 4.80. The first-order chi connectivity index (χ1) is 8.89. The number of alkyl halides is 2. The molecule has 0 unspecified atom stereocenters. The summed E-state index contributed by atoms with van der Waals surface area (Å²) in [6.45, 7) is 0.925. The number of rotatable bonds is 6. The van der Waals surface area contributed by atoms with Crippen LogP contribution in [0.5, 0.6) is 5.75 Å². The lowest BCUT2D eigenvalue weighted by Crippen LogP contribution is -2.40. The van der Waals surface area contributed by atoms with E-state index in [9.17, 15) is 18.4 Å². The van der Waals surface area contributed by atoms with Crippen molar-refractivity contribution in [2.24, 2.45) is 0 Å². The summed E-state index contributed by atoms with van der Waals surface area (Å²) < 4.78 is 32.8. The molecule has 0 fully saturated rings. The zero-order valence-corrected chi connectivity index (χ0v) is 10.2. The first-order valence-electron chi connectivity index (χ1n) is 5.49. The van der Waals surface area contributed by atoms with Crippen LogP contribution in [0.4, 0.5) is 8.78 Å². The van der Waals surface area contributed by atoms with Gasteiger partial charge in [-0.1, -0.05) is 12.1 Å². The van der Waals surface area contributed by atoms with Gasteiger partial charge in [0, 0.05) is 0 Å². The molecule has 0 atom stereocenters. The van der Waals surface area contributed by atoms with Crippen molar-refractivity contribution in [1.29, 1.82) is 0 Å². The summed E-state index contributed by atoms with van der Waals surface area (Å²) in [6.07, 6.45) is 0. The van der Waals surface area contributed by atoms with Gasteiger partial charge in [0.05, 0.1) is 12.2 Å². The predicted octanol–water partition coefficient (Wildman–Crippen LogP) is 1.38. The molecule has 1 aromatic rings. The number of hydrogen-bond donors (Lipinski definition) is 2. The summed E-state index contributed by atoms with van der Waals surface area (Å²) in [5, 5.41) is 10.00. The lowest BCUT2D eigenvalue weighted by molar-refractivity contribution is -0.149. The van der Waals surface area contributed by atoms with Crippen LogP contribution in [0.25, 0.3) is 0 Å². The molecule has 1 rings (SSSR count). The molecule has 1 amide bonds. The number of benzene rings is 1. The van der Waals surface area contributed by atoms with Crippen LogP contribution in [-0.4, -0.2) is 30.1 Å². The van der Waals surface area contributed by atoms with Crippen LogP contribution in [0.2, 0.25) is 0 Å². The number of para-hydroxylation sites is 1. The SMILES string of the molecule is CCOc1ccccc1C(F)(F)C(=O)NCC(=O)O. The van der Waals surface area contributed by atoms with Crippen molar-refractivity contribution in [2.45, 2.75) is 12.8 Å². The molecule has 0 aliphatic heterocycles. The van der Waals surface area contributed by atoms with E-state index in [-0.39, 0.29) is 12.4 Å². The monoisotopic (exact) mass is 273 g/mol. The Morgan fingerprint density at radius 1 is 1.37 bits per heavy atom. The fraction of sp³-hybridized carbons (Fsp3) is 0.333. The first-order valence-corrected chi connectivity index (χ1v) is 5.49. The number of nitrogens with one attached hydrogen (secondary N) is 1. The number of carboxylic acid groups (broad SMARTS) is 1. The van der Waals surface area contributed by atoms with Crippen LogP contribution >= 0.6 is 0 Å². The molecule has 0 heterocycles. The second-order valence-electron chi connectivity index (χ2n) is 3.58. The highest BCUT2D eigenvalue weighted by Gasteiger charge is 2.43. The second kappa shape index (κ2) is 6.12. The van der Waals surface area contributed by atoms with Crippen LogP contribution < -0.4 is 10.1 Å². The van der Waals surface area contributed by atoms with E-state index in [4.69, 9.17) is 9.84 Å². The van der Waals surface area contributed by atoms with Gasteiger partial charge in [-0.2, -0.15) is 8.78 Å². The van der Waals surface area contributed by atoms with E-state index < -0.39 is 29.9 Å². The van der Waals surface area contributed by atoms with Gasteiger partial charge in [-0.25, -0.2) is 0 Å². The van der Waals surface area contributed by atoms with Gasteiger partial charge >= 0.3 is 11.9 Å². The number of amides is 1. The number of hydrogen-bond acceptors (Lipinski definition) is 3. The third kappa shape index (κ3) is 3.64. The average molecular weight is 273 g/mol. The molecule has 0 aliphatic carbocycles. The topological polar surface area (TPSA) is 75.6 Å². The largest absolute Gasteiger partial charge is 0.493 e. The van der Waals surface area contributed by atoms with Gasteiger partial charge in [-0.05, 0) is 19.1 Å². The molecule has 0 bridgehead atoms. The zero-order chi connectivity index (χ0) is 14.5. The summed E-state index contributed by atoms with van der Waals surface area (Å²) in [5.41, 5.74) is -0.597. The van der Waals surface area contributed by atoms with E-state index >= 15 is 0 Å². The minimum absolute atomic E-state index is 0.111. The maximum absolute atomic E-state index is 13.9. The molecule has 0 saturated heterocycles. The van der Waals surface area contributed by atoms with Crippen molar-refractivity contribution in [2.75, 3.05) is 13.2 Å². The maximum Gasteiger partial charge on any atom is 0.353 e. The van der Waals surface area contributed by atoms with Crippen LogP contribution in [0.1, 0.15) is 12.5 Å². The van der Waals surface area contributed by atoms with Crippen LogP contribution in [0.15, 0.2) is 24.3 Å². The van der Waals surface area contributed by atoms with E-state index in [1.807, 2.05) is 0 Å². The third-order valence-electron chi connectivity index (χ3n) is 2.21. The van der Waals surface area contributed by atoms with E-state index in [2.05, 4.69) is 0 Å². The molecule has 0 aromatic heterocycles. The summed E-state index contributed by atoms with van der Waals surface area (Å²) in [6, 6.07) is 5.22. The maximum atomic E-state index is 13.9. The second-order valence-corrected chi connectivity index (χ2v) is 3.58. The average Bonchev–Trinajstić information content (AvgIpc) is 2.36. The van der Waals surface area contributed by atoms with E-state index in [1.54, 1.807) is 12.2 Å². The summed E-state index contributed by atoms with van der Waals surface area (Å²) in [7, 11) is 0. The Morgan fingerprint density at radius 2 is 2.00 bits per heavy atom. The number of carbonyl (C=O) groups is 2. The standard InChI is InChI=1S/C12H13F2NO4/c1-2-19-9-6-4-3-5-8(9)12(13,14)11(18)15-7-10(16)17/h3-6H,2,7H2,1H3,(H,15,18)(H,16,17). The highest BCUT2D eigenvalue weighted by molar-refractivity contribution is 5.88. The lowest BCUT2D eigenvalue weighted by atomic mass is 10.1. The molecule has 0 aliphatic rings. The van der Waals surface area contributed by atoms with Crippen LogP contribution in [-0.2, 0) is 15.5 Å². The Labute approximate surface area is 108 Å². The van der Waals surface area contributed by atoms with Gasteiger partial charge in [-0.15, -0.1) is 0 Å². The third-order valence-corrected chi connectivity index (χ3v) is 2.21. The summed E-state index contributed by atoms with van der Waals surface area (Å²) in [5.74, 6) is -7.05. The van der Waals surface area contributed by atoms with Gasteiger partial charge in [0.25, 0.3) is 5.91 Å². The molecule has 0 saturated carbocycles. The normalized spacial score (nSPS) is 10.9. The molecular weight excluding hydrogens is 260 g/mol. The minimum Gasteiger partial charge on any atom is -0.493 e. The predicted molar refractivity (Wildman–Crippen MR) is 62.2 cm³/mol. The minimum atomic E-state index is -3.86. The van der Waals surface area contributed by atoms with Gasteiger partial charge < -0.3 is 15.2 Å². The highest BCUT2D eigenvalue weighted by atomic mass is 19.3. The number of ether oxygens (including phenoxy) is 1. The number of carbonyl (C=O) groups excluding carboxylic acids is 1. The zero-order valence-electron chi connectivity index (χ0n) is 10.2. The molecular formula is C12H13F2NO4. The number of aliphatic carboxylic acids is 1. The van der Waals surface area contributed by atoms with Crippen molar-refractivity contribution in [3.8, 4) is 5.75 Å². The molecule has 104 valence electrons. The Hall–Kier alpha value is -2.18. The summed E-state index contributed by atoms with van der Waals surface area (Å²) in [4.78, 5) is 21.6. The van der Waals surface area contributed by atoms with Crippen molar-refractivity contribution < 1.29 is 28.2 Å². The summed E-state index contributed by atoms with van der Waals surface area (Å²) >= 11 is 0. The fourth-order valence-corrected chi connectivity index (χ4v) is 1.40. The lowest BCUT2D eigenvalue weighted by Gasteiger charge is -2.18. The number of halogens is 2. The van der Waals surface area contributed by atoms with E-state index in [1.165, 1.54) is 18.2 Å². The molecule has 1 aromatic carbocycles. The molecule has 5 nitrogen and oxygen atoms in total. The Morgan fingerprint density at radius 3 is 2.58 bits per heavy atom. The highest BCUT2D eigenvalue weighted by Crippen LogP contribution is 2.35. The molecule has 0 radical (unpaired) electrons. The van der Waals surface area contributed by atoms with Crippen molar-refractivity contribution in [1.82, 2.24) is 5.32 Å². The van der Waals surface area contributed by atoms with Crippen LogP contribution in [0, 0.1) is 0 Å². The van der Waals surface area contributed by atoms with Gasteiger partial charge in [0.15, 0.2) is 0 Å². The Bertz CT molecular complexity index is 477. The fourth-order valence-electron chi connectivity index (χ4n) is 1.40. The quantitative estimate of drug-likeness (QED) is 0.821.